The molecule has 0 bridgehead atoms. The first kappa shape index (κ1) is 33.9. The molecule has 0 aliphatic rings. The summed E-state index contributed by atoms with van der Waals surface area (Å²) < 4.78 is 0. The Balaban J connectivity index is 3.64. The molecule has 0 saturated heterocycles. The number of carbonyl (C=O) groups excluding carboxylic acids is 1. The van der Waals surface area contributed by atoms with Crippen molar-refractivity contribution in [2.24, 2.45) is 0 Å². The third kappa shape index (κ3) is 24.3. The molecular weight excluding hydrogens is 434 g/mol. The first-order valence-electron chi connectivity index (χ1n) is 15.1. The number of rotatable bonds is 26. The van der Waals surface area contributed by atoms with Gasteiger partial charge in [-0.2, -0.15) is 0 Å². The first-order valence-corrected chi connectivity index (χ1v) is 15.1. The van der Waals surface area contributed by atoms with Crippen LogP contribution in [0.1, 0.15) is 149 Å². The van der Waals surface area contributed by atoms with Gasteiger partial charge in [0.05, 0.1) is 18.8 Å². The third-order valence-electron chi connectivity index (χ3n) is 6.68. The van der Waals surface area contributed by atoms with E-state index in [0.29, 0.717) is 6.42 Å². The Bertz CT molecular complexity index is 503. The van der Waals surface area contributed by atoms with Gasteiger partial charge in [0.15, 0.2) is 0 Å². The minimum absolute atomic E-state index is 0.0793. The van der Waals surface area contributed by atoms with E-state index >= 15 is 0 Å². The van der Waals surface area contributed by atoms with E-state index in [1.165, 1.54) is 96.3 Å². The molecule has 1 amide bonds. The Hall–Kier alpha value is -1.13. The summed E-state index contributed by atoms with van der Waals surface area (Å²) in [5.41, 5.74) is 0. The van der Waals surface area contributed by atoms with Gasteiger partial charge in [-0.1, -0.05) is 122 Å². The Morgan fingerprint density at radius 2 is 1.09 bits per heavy atom. The van der Waals surface area contributed by atoms with Crippen molar-refractivity contribution in [1.29, 1.82) is 0 Å². The van der Waals surface area contributed by atoms with Crippen LogP contribution in [0.25, 0.3) is 0 Å². The van der Waals surface area contributed by atoms with E-state index in [-0.39, 0.29) is 12.5 Å². The second-order valence-corrected chi connectivity index (χ2v) is 10.2. The highest BCUT2D eigenvalue weighted by Gasteiger charge is 2.17. The van der Waals surface area contributed by atoms with Crippen LogP contribution in [0.4, 0.5) is 0 Å². The van der Waals surface area contributed by atoms with Crippen LogP contribution in [0.2, 0.25) is 0 Å². The summed E-state index contributed by atoms with van der Waals surface area (Å²) in [5, 5.41) is 22.6. The maximum Gasteiger partial charge on any atom is 0.220 e. The molecule has 0 spiro atoms. The summed E-state index contributed by atoms with van der Waals surface area (Å²) >= 11 is 0. The van der Waals surface area contributed by atoms with Gasteiger partial charge in [-0.3, -0.25) is 4.79 Å². The monoisotopic (exact) mass is 493 g/mol. The van der Waals surface area contributed by atoms with Crippen LogP contribution in [-0.4, -0.2) is 34.9 Å². The number of aliphatic hydroxyl groups is 2. The van der Waals surface area contributed by atoms with Crippen molar-refractivity contribution in [3.63, 3.8) is 0 Å². The average molecular weight is 494 g/mol. The van der Waals surface area contributed by atoms with Crippen molar-refractivity contribution in [3.8, 4) is 0 Å². The summed E-state index contributed by atoms with van der Waals surface area (Å²) in [4.78, 5) is 12.2. The van der Waals surface area contributed by atoms with Gasteiger partial charge in [-0.25, -0.2) is 0 Å². The van der Waals surface area contributed by atoms with E-state index in [2.05, 4.69) is 31.3 Å². The maximum atomic E-state index is 12.2. The van der Waals surface area contributed by atoms with Crippen LogP contribution in [0.5, 0.6) is 0 Å². The highest BCUT2D eigenvalue weighted by atomic mass is 16.3. The Morgan fingerprint density at radius 3 is 1.57 bits per heavy atom. The summed E-state index contributed by atoms with van der Waals surface area (Å²) in [6.45, 7) is 4.22. The Morgan fingerprint density at radius 1 is 0.657 bits per heavy atom. The molecule has 4 nitrogen and oxygen atoms in total. The van der Waals surface area contributed by atoms with Gasteiger partial charge in [-0.05, 0) is 44.9 Å². The minimum Gasteiger partial charge on any atom is -0.394 e. The van der Waals surface area contributed by atoms with Gasteiger partial charge >= 0.3 is 0 Å². The van der Waals surface area contributed by atoms with Crippen molar-refractivity contribution in [1.82, 2.24) is 5.32 Å². The number of amides is 1. The molecule has 0 saturated carbocycles. The van der Waals surface area contributed by atoms with Gasteiger partial charge in [0.2, 0.25) is 5.91 Å². The van der Waals surface area contributed by atoms with Crippen molar-refractivity contribution >= 4 is 5.91 Å². The summed E-state index contributed by atoms with van der Waals surface area (Å²) in [7, 11) is 0. The molecule has 0 aromatic heterocycles. The van der Waals surface area contributed by atoms with E-state index in [1.54, 1.807) is 6.08 Å². The number of nitrogens with one attached hydrogen (secondary N) is 1. The highest BCUT2D eigenvalue weighted by Crippen LogP contribution is 2.11. The zero-order valence-electron chi connectivity index (χ0n) is 23.3. The fourth-order valence-electron chi connectivity index (χ4n) is 4.29. The number of unbranched alkanes of at least 4 members (excludes halogenated alkanes) is 17. The molecule has 0 rings (SSSR count). The third-order valence-corrected chi connectivity index (χ3v) is 6.68. The summed E-state index contributed by atoms with van der Waals surface area (Å²) in [6, 6.07) is -0.619. The average Bonchev–Trinajstić information content (AvgIpc) is 2.86. The number of hydrogen-bond acceptors (Lipinski definition) is 3. The molecule has 4 heteroatoms. The highest BCUT2D eigenvalue weighted by molar-refractivity contribution is 5.76. The van der Waals surface area contributed by atoms with Crippen LogP contribution in [0, 0.1) is 0 Å². The molecule has 0 aromatic rings. The molecule has 0 fully saturated rings. The van der Waals surface area contributed by atoms with E-state index < -0.39 is 12.1 Å². The Labute approximate surface area is 218 Å². The lowest BCUT2D eigenvalue weighted by atomic mass is 10.1. The SMILES string of the molecule is CCCCCCC/C=C/C(O)C(CO)NC(=O)CCCCCCC/C=C\CCCCCCCCC. The lowest BCUT2D eigenvalue weighted by molar-refractivity contribution is -0.123. The van der Waals surface area contributed by atoms with E-state index in [1.807, 2.05) is 6.08 Å². The zero-order chi connectivity index (χ0) is 25.8. The van der Waals surface area contributed by atoms with Crippen molar-refractivity contribution in [2.45, 2.75) is 161 Å². The first-order chi connectivity index (χ1) is 17.2. The lowest BCUT2D eigenvalue weighted by Crippen LogP contribution is -2.45. The number of allylic oxidation sites excluding steroid dienone is 3. The van der Waals surface area contributed by atoms with Gasteiger partial charge in [0.25, 0.3) is 0 Å². The fourth-order valence-corrected chi connectivity index (χ4v) is 4.29. The maximum absolute atomic E-state index is 12.2. The summed E-state index contributed by atoms with van der Waals surface area (Å²) in [6.07, 6.45) is 32.6. The summed E-state index contributed by atoms with van der Waals surface area (Å²) in [5.74, 6) is -0.0793. The number of carbonyl (C=O) groups is 1. The lowest BCUT2D eigenvalue weighted by Gasteiger charge is -2.20. The molecule has 0 radical (unpaired) electrons. The Kier molecular flexibility index (Phi) is 26.6. The predicted octanol–water partition coefficient (Wildman–Crippen LogP) is 8.17. The van der Waals surface area contributed by atoms with E-state index in [9.17, 15) is 15.0 Å². The van der Waals surface area contributed by atoms with Crippen LogP contribution in [0.3, 0.4) is 0 Å². The molecule has 35 heavy (non-hydrogen) atoms. The predicted molar refractivity (Wildman–Crippen MR) is 152 cm³/mol. The number of aliphatic hydroxyl groups excluding tert-OH is 2. The standard InChI is InChI=1S/C31H59NO3/c1-3-5-7-9-11-12-13-14-15-16-17-18-19-21-23-25-27-31(35)32-29(28-33)30(34)26-24-22-20-10-8-6-4-2/h15-16,24,26,29-30,33-34H,3-14,17-23,25,27-28H2,1-2H3,(H,32,35)/b16-15-,26-24+. The molecule has 0 heterocycles. The second kappa shape index (κ2) is 27.5. The molecular formula is C31H59NO3. The number of hydrogen-bond donors (Lipinski definition) is 3. The quantitative estimate of drug-likeness (QED) is 0.0840. The topological polar surface area (TPSA) is 69.6 Å². The molecule has 2 atom stereocenters. The largest absolute Gasteiger partial charge is 0.394 e. The van der Waals surface area contributed by atoms with Crippen LogP contribution < -0.4 is 5.32 Å². The van der Waals surface area contributed by atoms with Gasteiger partial charge in [0, 0.05) is 6.42 Å². The van der Waals surface area contributed by atoms with Crippen molar-refractivity contribution in [2.75, 3.05) is 6.61 Å². The van der Waals surface area contributed by atoms with Gasteiger partial charge in [-0.15, -0.1) is 0 Å². The smallest absolute Gasteiger partial charge is 0.220 e. The molecule has 206 valence electrons. The fraction of sp³-hybridized carbons (Fsp3) is 0.839. The minimum atomic E-state index is -0.835. The molecule has 0 aliphatic carbocycles. The van der Waals surface area contributed by atoms with Crippen LogP contribution >= 0.6 is 0 Å². The van der Waals surface area contributed by atoms with Crippen molar-refractivity contribution in [3.05, 3.63) is 24.3 Å². The molecule has 0 aromatic carbocycles. The van der Waals surface area contributed by atoms with Gasteiger partial charge in [0.1, 0.15) is 0 Å². The zero-order valence-corrected chi connectivity index (χ0v) is 23.3. The van der Waals surface area contributed by atoms with E-state index in [4.69, 9.17) is 0 Å². The van der Waals surface area contributed by atoms with Crippen LogP contribution in [-0.2, 0) is 4.79 Å². The molecule has 3 N–H and O–H groups in total. The van der Waals surface area contributed by atoms with Crippen molar-refractivity contribution < 1.29 is 15.0 Å². The molecule has 0 aliphatic heterocycles. The normalized spacial score (nSPS) is 13.6. The van der Waals surface area contributed by atoms with E-state index in [0.717, 1.165) is 32.1 Å². The van der Waals surface area contributed by atoms with Gasteiger partial charge < -0.3 is 15.5 Å². The van der Waals surface area contributed by atoms with Crippen LogP contribution in [0.15, 0.2) is 24.3 Å². The molecule has 2 unspecified atom stereocenters. The second-order valence-electron chi connectivity index (χ2n) is 10.2.